The number of hydrogen-bond acceptors (Lipinski definition) is 4. The molecule has 1 amide bonds. The Bertz CT molecular complexity index is 931. The fourth-order valence-electron chi connectivity index (χ4n) is 2.42. The van der Waals surface area contributed by atoms with Crippen LogP contribution in [0.3, 0.4) is 0 Å². The summed E-state index contributed by atoms with van der Waals surface area (Å²) in [5.74, 6) is 0.152. The van der Waals surface area contributed by atoms with Crippen molar-refractivity contribution in [3.63, 3.8) is 0 Å². The number of halogens is 2. The maximum atomic E-state index is 13.2. The number of rotatable bonds is 6. The van der Waals surface area contributed by atoms with Crippen LogP contribution >= 0.6 is 23.4 Å². The van der Waals surface area contributed by atoms with Crippen LogP contribution in [0.25, 0.3) is 11.4 Å². The van der Waals surface area contributed by atoms with Crippen molar-refractivity contribution in [3.8, 4) is 11.4 Å². The van der Waals surface area contributed by atoms with Crippen LogP contribution in [-0.4, -0.2) is 26.4 Å². The molecule has 1 aromatic heterocycles. The van der Waals surface area contributed by atoms with Gasteiger partial charge in [-0.05, 0) is 37.3 Å². The Morgan fingerprint density at radius 2 is 2.04 bits per heavy atom. The third-order valence-electron chi connectivity index (χ3n) is 3.59. The van der Waals surface area contributed by atoms with E-state index in [0.717, 1.165) is 5.56 Å². The Morgan fingerprint density at radius 3 is 2.77 bits per heavy atom. The van der Waals surface area contributed by atoms with Crippen molar-refractivity contribution in [2.75, 3.05) is 11.1 Å². The lowest BCUT2D eigenvalue weighted by Crippen LogP contribution is -2.14. The van der Waals surface area contributed by atoms with Gasteiger partial charge in [-0.1, -0.05) is 41.6 Å². The molecule has 0 unspecified atom stereocenters. The van der Waals surface area contributed by atoms with Gasteiger partial charge in [0.15, 0.2) is 11.0 Å². The lowest BCUT2D eigenvalue weighted by Gasteiger charge is -2.08. The standard InChI is InChI=1S/C18H16ClFN4OS/c1-2-24-17(14-8-3-4-9-15(14)19)22-23-18(24)26-11-16(25)21-13-7-5-6-12(20)10-13/h3-10H,2,11H2,1H3,(H,21,25). The van der Waals surface area contributed by atoms with E-state index in [-0.39, 0.29) is 11.7 Å². The first-order valence-corrected chi connectivity index (χ1v) is 9.31. The highest BCUT2D eigenvalue weighted by molar-refractivity contribution is 7.99. The number of nitrogens with one attached hydrogen (secondary N) is 1. The molecule has 0 aliphatic rings. The van der Waals surface area contributed by atoms with Crippen LogP contribution in [0.15, 0.2) is 53.7 Å². The van der Waals surface area contributed by atoms with Gasteiger partial charge in [0, 0.05) is 17.8 Å². The molecule has 3 aromatic rings. The summed E-state index contributed by atoms with van der Waals surface area (Å²) in [4.78, 5) is 12.1. The van der Waals surface area contributed by atoms with Gasteiger partial charge in [-0.25, -0.2) is 4.39 Å². The molecule has 0 atom stereocenters. The first kappa shape index (κ1) is 18.4. The average molecular weight is 391 g/mol. The molecule has 1 heterocycles. The van der Waals surface area contributed by atoms with E-state index in [1.54, 1.807) is 18.2 Å². The summed E-state index contributed by atoms with van der Waals surface area (Å²) in [6, 6.07) is 13.2. The molecule has 0 fully saturated rings. The number of amides is 1. The number of anilines is 1. The Hall–Kier alpha value is -2.38. The molecule has 0 aliphatic carbocycles. The first-order valence-electron chi connectivity index (χ1n) is 7.94. The van der Waals surface area contributed by atoms with Crippen molar-refractivity contribution >= 4 is 35.0 Å². The van der Waals surface area contributed by atoms with Gasteiger partial charge >= 0.3 is 0 Å². The third-order valence-corrected chi connectivity index (χ3v) is 4.88. The molecule has 0 spiro atoms. The predicted molar refractivity (Wildman–Crippen MR) is 102 cm³/mol. The molecule has 5 nitrogen and oxygen atoms in total. The van der Waals surface area contributed by atoms with Gasteiger partial charge in [-0.2, -0.15) is 0 Å². The van der Waals surface area contributed by atoms with Crippen molar-refractivity contribution < 1.29 is 9.18 Å². The molecule has 2 aromatic carbocycles. The van der Waals surface area contributed by atoms with Crippen LogP contribution in [-0.2, 0) is 11.3 Å². The number of carbonyl (C=O) groups is 1. The fraction of sp³-hybridized carbons (Fsp3) is 0.167. The van der Waals surface area contributed by atoms with Crippen LogP contribution in [0, 0.1) is 5.82 Å². The number of nitrogens with zero attached hydrogens (tertiary/aromatic N) is 3. The highest BCUT2D eigenvalue weighted by Crippen LogP contribution is 2.29. The van der Waals surface area contributed by atoms with Gasteiger partial charge < -0.3 is 9.88 Å². The van der Waals surface area contributed by atoms with Gasteiger partial charge in [0.2, 0.25) is 5.91 Å². The number of hydrogen-bond donors (Lipinski definition) is 1. The van der Waals surface area contributed by atoms with Crippen molar-refractivity contribution in [1.82, 2.24) is 14.8 Å². The Balaban J connectivity index is 1.71. The molecule has 26 heavy (non-hydrogen) atoms. The average Bonchev–Trinajstić information content (AvgIpc) is 3.03. The third kappa shape index (κ3) is 4.23. The normalized spacial score (nSPS) is 10.7. The minimum atomic E-state index is -0.398. The van der Waals surface area contributed by atoms with Gasteiger partial charge in [0.1, 0.15) is 5.82 Å². The fourth-order valence-corrected chi connectivity index (χ4v) is 3.44. The van der Waals surface area contributed by atoms with Gasteiger partial charge in [0.05, 0.1) is 10.8 Å². The lowest BCUT2D eigenvalue weighted by atomic mass is 10.2. The van der Waals surface area contributed by atoms with E-state index in [2.05, 4.69) is 15.5 Å². The Kier molecular flexibility index (Phi) is 5.90. The highest BCUT2D eigenvalue weighted by atomic mass is 35.5. The number of aromatic nitrogens is 3. The molecule has 8 heteroatoms. The summed E-state index contributed by atoms with van der Waals surface area (Å²) in [7, 11) is 0. The minimum absolute atomic E-state index is 0.136. The highest BCUT2D eigenvalue weighted by Gasteiger charge is 2.16. The van der Waals surface area contributed by atoms with E-state index >= 15 is 0 Å². The van der Waals surface area contributed by atoms with Crippen LogP contribution in [0.5, 0.6) is 0 Å². The van der Waals surface area contributed by atoms with Crippen LogP contribution < -0.4 is 5.32 Å². The number of benzene rings is 2. The Labute approximate surface area is 159 Å². The topological polar surface area (TPSA) is 59.8 Å². The van der Waals surface area contributed by atoms with Crippen molar-refractivity contribution in [1.29, 1.82) is 0 Å². The predicted octanol–water partition coefficient (Wildman–Crippen LogP) is 4.49. The van der Waals surface area contributed by atoms with Gasteiger partial charge in [-0.3, -0.25) is 4.79 Å². The van der Waals surface area contributed by atoms with Crippen LogP contribution in [0.4, 0.5) is 10.1 Å². The summed E-state index contributed by atoms with van der Waals surface area (Å²) in [5, 5.41) is 12.3. The molecule has 0 saturated heterocycles. The molecule has 3 rings (SSSR count). The molecule has 0 saturated carbocycles. The minimum Gasteiger partial charge on any atom is -0.325 e. The molecule has 0 aliphatic heterocycles. The monoisotopic (exact) mass is 390 g/mol. The van der Waals surface area contributed by atoms with Gasteiger partial charge in [0.25, 0.3) is 0 Å². The number of carbonyl (C=O) groups excluding carboxylic acids is 1. The second-order valence-corrected chi connectivity index (χ2v) is 6.73. The largest absolute Gasteiger partial charge is 0.325 e. The van der Waals surface area contributed by atoms with E-state index in [0.29, 0.717) is 28.2 Å². The summed E-state index contributed by atoms with van der Waals surface area (Å²) < 4.78 is 15.1. The maximum Gasteiger partial charge on any atom is 0.234 e. The second kappa shape index (κ2) is 8.33. The van der Waals surface area contributed by atoms with Crippen LogP contribution in [0.2, 0.25) is 5.02 Å². The smallest absolute Gasteiger partial charge is 0.234 e. The number of thioether (sulfide) groups is 1. The Morgan fingerprint density at radius 1 is 1.23 bits per heavy atom. The molecule has 134 valence electrons. The summed E-state index contributed by atoms with van der Waals surface area (Å²) in [5.41, 5.74) is 1.21. The molecular weight excluding hydrogens is 375 g/mol. The van der Waals surface area contributed by atoms with Crippen LogP contribution in [0.1, 0.15) is 6.92 Å². The van der Waals surface area contributed by atoms with E-state index in [9.17, 15) is 9.18 Å². The molecule has 1 N–H and O–H groups in total. The second-order valence-electron chi connectivity index (χ2n) is 5.38. The van der Waals surface area contributed by atoms with E-state index in [4.69, 9.17) is 11.6 Å². The zero-order valence-corrected chi connectivity index (χ0v) is 15.5. The van der Waals surface area contributed by atoms with Crippen molar-refractivity contribution in [2.45, 2.75) is 18.6 Å². The summed E-state index contributed by atoms with van der Waals surface area (Å²) in [6.45, 7) is 2.61. The maximum absolute atomic E-state index is 13.2. The van der Waals surface area contributed by atoms with E-state index < -0.39 is 5.82 Å². The van der Waals surface area contributed by atoms with E-state index in [1.165, 1.54) is 23.9 Å². The zero-order chi connectivity index (χ0) is 18.5. The molecular formula is C18H16ClFN4OS. The lowest BCUT2D eigenvalue weighted by molar-refractivity contribution is -0.113. The molecule has 0 radical (unpaired) electrons. The van der Waals surface area contributed by atoms with Crippen molar-refractivity contribution in [3.05, 3.63) is 59.4 Å². The van der Waals surface area contributed by atoms with Gasteiger partial charge in [-0.15, -0.1) is 10.2 Å². The zero-order valence-electron chi connectivity index (χ0n) is 13.9. The summed E-state index contributed by atoms with van der Waals surface area (Å²) >= 11 is 7.51. The molecule has 0 bridgehead atoms. The van der Waals surface area contributed by atoms with Crippen molar-refractivity contribution in [2.24, 2.45) is 0 Å². The first-order chi connectivity index (χ1) is 12.6. The quantitative estimate of drug-likeness (QED) is 0.630. The summed E-state index contributed by atoms with van der Waals surface area (Å²) in [6.07, 6.45) is 0. The SMILES string of the molecule is CCn1c(SCC(=O)Nc2cccc(F)c2)nnc1-c1ccccc1Cl. The van der Waals surface area contributed by atoms with E-state index in [1.807, 2.05) is 29.7 Å².